The van der Waals surface area contributed by atoms with Gasteiger partial charge in [-0.25, -0.2) is 4.79 Å². The number of aliphatic hydroxyl groups is 1. The number of nitrogens with zero attached hydrogens (tertiary/aromatic N) is 2. The summed E-state index contributed by atoms with van der Waals surface area (Å²) in [4.78, 5) is 30.0. The predicted molar refractivity (Wildman–Crippen MR) is 133 cm³/mol. The minimum absolute atomic E-state index is 0.109. The number of urea groups is 1. The molecule has 0 unspecified atom stereocenters. The molecule has 3 aliphatic rings. The van der Waals surface area contributed by atoms with Crippen molar-refractivity contribution in [2.24, 2.45) is 0 Å². The molecule has 0 saturated carbocycles. The lowest BCUT2D eigenvalue weighted by atomic mass is 9.96. The second-order valence-electron chi connectivity index (χ2n) is 10.7. The highest BCUT2D eigenvalue weighted by Crippen LogP contribution is 2.39. The van der Waals surface area contributed by atoms with E-state index in [4.69, 9.17) is 18.9 Å². The van der Waals surface area contributed by atoms with Gasteiger partial charge in [0.05, 0.1) is 13.2 Å². The molecule has 1 N–H and O–H groups in total. The highest BCUT2D eigenvalue weighted by atomic mass is 16.8. The fourth-order valence-corrected chi connectivity index (χ4v) is 5.28. The molecule has 0 spiro atoms. The van der Waals surface area contributed by atoms with Crippen LogP contribution >= 0.6 is 0 Å². The molecule has 9 heteroatoms. The summed E-state index contributed by atoms with van der Waals surface area (Å²) >= 11 is 0. The standard InChI is InChI=1S/C28H34N2O7/c1-27(2)34-17-20(35-27)23-24(37-28(3,4)36-23)22(31)21-25(32)30(16-19-13-9-6-10-14-19)26(33)29(21)15-18-11-7-5-8-12-18/h5-14,20-24,31H,15-17H2,1-4H3/t20-,21-,22+,23+,24+/m1/s1. The van der Waals surface area contributed by atoms with E-state index in [1.165, 1.54) is 9.80 Å². The predicted octanol–water partition coefficient (Wildman–Crippen LogP) is 3.05. The summed E-state index contributed by atoms with van der Waals surface area (Å²) in [5.41, 5.74) is 1.66. The fraction of sp³-hybridized carbons (Fsp3) is 0.500. The lowest BCUT2D eigenvalue weighted by Crippen LogP contribution is -2.54. The molecule has 3 fully saturated rings. The monoisotopic (exact) mass is 510 g/mol. The Kier molecular flexibility index (Phi) is 6.84. The van der Waals surface area contributed by atoms with Crippen LogP contribution in [0.25, 0.3) is 0 Å². The summed E-state index contributed by atoms with van der Waals surface area (Å²) in [5, 5.41) is 11.7. The normalized spacial score (nSPS) is 29.8. The lowest BCUT2D eigenvalue weighted by Gasteiger charge is -2.32. The van der Waals surface area contributed by atoms with E-state index in [0.717, 1.165) is 11.1 Å². The van der Waals surface area contributed by atoms with Gasteiger partial charge < -0.3 is 29.0 Å². The fourth-order valence-electron chi connectivity index (χ4n) is 5.28. The van der Waals surface area contributed by atoms with Crippen LogP contribution in [0.3, 0.4) is 0 Å². The zero-order chi connectivity index (χ0) is 26.4. The molecular formula is C28H34N2O7. The van der Waals surface area contributed by atoms with Crippen molar-refractivity contribution in [2.75, 3.05) is 6.61 Å². The number of ether oxygens (including phenoxy) is 4. The average Bonchev–Trinajstić information content (AvgIpc) is 3.47. The van der Waals surface area contributed by atoms with Gasteiger partial charge in [0.1, 0.15) is 30.5 Å². The van der Waals surface area contributed by atoms with Crippen molar-refractivity contribution < 1.29 is 33.6 Å². The van der Waals surface area contributed by atoms with E-state index in [1.54, 1.807) is 13.8 Å². The first kappa shape index (κ1) is 25.8. The third kappa shape index (κ3) is 5.28. The summed E-state index contributed by atoms with van der Waals surface area (Å²) in [6.07, 6.45) is -3.49. The van der Waals surface area contributed by atoms with Crippen LogP contribution in [0.1, 0.15) is 38.8 Å². The number of hydrogen-bond donors (Lipinski definition) is 1. The second-order valence-corrected chi connectivity index (χ2v) is 10.7. The van der Waals surface area contributed by atoms with Gasteiger partial charge in [-0.2, -0.15) is 0 Å². The number of benzene rings is 2. The lowest BCUT2D eigenvalue weighted by molar-refractivity contribution is -0.175. The van der Waals surface area contributed by atoms with Gasteiger partial charge >= 0.3 is 6.03 Å². The highest BCUT2D eigenvalue weighted by Gasteiger charge is 2.58. The summed E-state index contributed by atoms with van der Waals surface area (Å²) in [7, 11) is 0. The number of imide groups is 1. The molecule has 5 atom stereocenters. The van der Waals surface area contributed by atoms with Crippen LogP contribution in [0.4, 0.5) is 4.79 Å². The van der Waals surface area contributed by atoms with Gasteiger partial charge in [-0.1, -0.05) is 60.7 Å². The van der Waals surface area contributed by atoms with E-state index >= 15 is 0 Å². The molecule has 9 nitrogen and oxygen atoms in total. The van der Waals surface area contributed by atoms with E-state index < -0.39 is 54.0 Å². The average molecular weight is 511 g/mol. The van der Waals surface area contributed by atoms with E-state index in [-0.39, 0.29) is 19.7 Å². The Morgan fingerprint density at radius 2 is 1.46 bits per heavy atom. The largest absolute Gasteiger partial charge is 0.388 e. The minimum Gasteiger partial charge on any atom is -0.388 e. The zero-order valence-corrected chi connectivity index (χ0v) is 21.6. The Bertz CT molecular complexity index is 1120. The van der Waals surface area contributed by atoms with Crippen molar-refractivity contribution in [1.29, 1.82) is 0 Å². The third-order valence-corrected chi connectivity index (χ3v) is 6.93. The zero-order valence-electron chi connectivity index (χ0n) is 21.6. The maximum absolute atomic E-state index is 13.8. The minimum atomic E-state index is -1.36. The van der Waals surface area contributed by atoms with Gasteiger partial charge in [0, 0.05) is 6.54 Å². The van der Waals surface area contributed by atoms with Crippen LogP contribution in [0.2, 0.25) is 0 Å². The summed E-state index contributed by atoms with van der Waals surface area (Å²) < 4.78 is 24.0. The van der Waals surface area contributed by atoms with Crippen molar-refractivity contribution >= 4 is 11.9 Å². The van der Waals surface area contributed by atoms with Crippen LogP contribution in [0, 0.1) is 0 Å². The third-order valence-electron chi connectivity index (χ3n) is 6.93. The first-order chi connectivity index (χ1) is 17.5. The summed E-state index contributed by atoms with van der Waals surface area (Å²) in [6.45, 7) is 7.64. The number of amides is 3. The Labute approximate surface area is 216 Å². The van der Waals surface area contributed by atoms with Crippen molar-refractivity contribution in [3.8, 4) is 0 Å². The van der Waals surface area contributed by atoms with Crippen LogP contribution < -0.4 is 0 Å². The van der Waals surface area contributed by atoms with Gasteiger partial charge in [0.2, 0.25) is 0 Å². The van der Waals surface area contributed by atoms with Gasteiger partial charge in [0.15, 0.2) is 11.6 Å². The second kappa shape index (κ2) is 9.81. The van der Waals surface area contributed by atoms with E-state index in [2.05, 4.69) is 0 Å². The smallest absolute Gasteiger partial charge is 0.328 e. The summed E-state index contributed by atoms with van der Waals surface area (Å²) in [6, 6.07) is 17.1. The molecule has 0 bridgehead atoms. The molecule has 3 heterocycles. The van der Waals surface area contributed by atoms with Gasteiger partial charge in [-0.15, -0.1) is 0 Å². The first-order valence-corrected chi connectivity index (χ1v) is 12.6. The molecule has 0 aliphatic carbocycles. The summed E-state index contributed by atoms with van der Waals surface area (Å²) in [5.74, 6) is -2.30. The van der Waals surface area contributed by atoms with Crippen LogP contribution in [0.15, 0.2) is 60.7 Å². The van der Waals surface area contributed by atoms with Crippen LogP contribution in [-0.2, 0) is 36.8 Å². The Morgan fingerprint density at radius 1 is 0.865 bits per heavy atom. The number of carbonyl (C=O) groups excluding carboxylic acids is 2. The SMILES string of the molecule is CC1(C)O[C@@H]([C@H]2COC(C)(C)O2)[C@H]([C@@H](O)[C@@H]2C(=O)N(Cc3ccccc3)C(=O)N2Cc2ccccc2)O1. The van der Waals surface area contributed by atoms with Crippen LogP contribution in [0.5, 0.6) is 0 Å². The molecule has 3 saturated heterocycles. The molecule has 37 heavy (non-hydrogen) atoms. The van der Waals surface area contributed by atoms with Gasteiger partial charge in [-0.05, 0) is 38.8 Å². The topological polar surface area (TPSA) is 97.8 Å². The molecule has 2 aromatic carbocycles. The van der Waals surface area contributed by atoms with Crippen LogP contribution in [-0.4, -0.2) is 75.5 Å². The highest BCUT2D eigenvalue weighted by molar-refractivity contribution is 6.04. The molecular weight excluding hydrogens is 476 g/mol. The number of rotatable bonds is 7. The van der Waals surface area contributed by atoms with E-state index in [0.29, 0.717) is 0 Å². The Hall–Kier alpha value is -2.82. The maximum Gasteiger partial charge on any atom is 0.328 e. The molecule has 5 rings (SSSR count). The Balaban J connectivity index is 1.45. The van der Waals surface area contributed by atoms with Crippen molar-refractivity contribution in [1.82, 2.24) is 9.80 Å². The van der Waals surface area contributed by atoms with Crippen molar-refractivity contribution in [3.63, 3.8) is 0 Å². The number of aliphatic hydroxyl groups excluding tert-OH is 1. The molecule has 3 aliphatic heterocycles. The van der Waals surface area contributed by atoms with Gasteiger partial charge in [0.25, 0.3) is 5.91 Å². The number of hydrogen-bond acceptors (Lipinski definition) is 7. The van der Waals surface area contributed by atoms with E-state index in [9.17, 15) is 14.7 Å². The van der Waals surface area contributed by atoms with Crippen molar-refractivity contribution in [3.05, 3.63) is 71.8 Å². The molecule has 3 amide bonds. The maximum atomic E-state index is 13.8. The van der Waals surface area contributed by atoms with E-state index in [1.807, 2.05) is 74.5 Å². The molecule has 0 aromatic heterocycles. The number of carbonyl (C=O) groups is 2. The quantitative estimate of drug-likeness (QED) is 0.572. The van der Waals surface area contributed by atoms with Gasteiger partial charge in [-0.3, -0.25) is 9.69 Å². The Morgan fingerprint density at radius 3 is 2.03 bits per heavy atom. The molecule has 2 aromatic rings. The first-order valence-electron chi connectivity index (χ1n) is 12.6. The molecule has 198 valence electrons. The molecule has 0 radical (unpaired) electrons. The van der Waals surface area contributed by atoms with Crippen molar-refractivity contribution in [2.45, 2.75) is 82.8 Å².